The zero-order chi connectivity index (χ0) is 15.6. The second kappa shape index (κ2) is 6.51. The van der Waals surface area contributed by atoms with E-state index in [1.807, 2.05) is 0 Å². The van der Waals surface area contributed by atoms with Crippen LogP contribution in [-0.4, -0.2) is 0 Å². The van der Waals surface area contributed by atoms with Crippen molar-refractivity contribution in [1.82, 2.24) is 0 Å². The van der Waals surface area contributed by atoms with Gasteiger partial charge in [-0.05, 0) is 91.0 Å². The van der Waals surface area contributed by atoms with E-state index in [4.69, 9.17) is 0 Å². The maximum atomic E-state index is 2.46. The quantitative estimate of drug-likeness (QED) is 0.725. The molecule has 0 heterocycles. The Morgan fingerprint density at radius 2 is 1.26 bits per heavy atom. The summed E-state index contributed by atoms with van der Waals surface area (Å²) in [5.41, 5.74) is 7.39. The van der Waals surface area contributed by atoms with Crippen molar-refractivity contribution in [2.24, 2.45) is 0 Å². The molecule has 0 amide bonds. The molecule has 0 heteroatoms. The Morgan fingerprint density at radius 1 is 0.696 bits per heavy atom. The summed E-state index contributed by atoms with van der Waals surface area (Å²) in [5, 5.41) is 0. The van der Waals surface area contributed by atoms with Gasteiger partial charge >= 0.3 is 0 Å². The molecule has 4 bridgehead atoms. The van der Waals surface area contributed by atoms with E-state index >= 15 is 0 Å². The smallest absolute Gasteiger partial charge is 0.00952 e. The van der Waals surface area contributed by atoms with E-state index < -0.39 is 0 Å². The highest BCUT2D eigenvalue weighted by Crippen LogP contribution is 2.38. The lowest BCUT2D eigenvalue weighted by Gasteiger charge is -2.23. The van der Waals surface area contributed by atoms with E-state index in [1.165, 1.54) is 33.7 Å². The van der Waals surface area contributed by atoms with Gasteiger partial charge in [-0.1, -0.05) is 49.4 Å². The minimum Gasteiger partial charge on any atom is -0.0588 e. The van der Waals surface area contributed by atoms with E-state index in [0.717, 1.165) is 25.7 Å². The number of aryl methyl sites for hydroxylation is 4. The number of rotatable bonds is 2. The maximum Gasteiger partial charge on any atom is -0.00952 e. The fraction of sp³-hybridized carbons (Fsp3) is 0.261. The molecule has 0 saturated heterocycles. The molecular formula is C23H23. The van der Waals surface area contributed by atoms with Gasteiger partial charge in [-0.15, -0.1) is 0 Å². The Labute approximate surface area is 140 Å². The van der Waals surface area contributed by atoms with Crippen LogP contribution < -0.4 is 0 Å². The molecule has 1 unspecified atom stereocenters. The van der Waals surface area contributed by atoms with Gasteiger partial charge in [0.2, 0.25) is 0 Å². The lowest BCUT2D eigenvalue weighted by atomic mass is 9.81. The fourth-order valence-electron chi connectivity index (χ4n) is 3.73. The molecule has 7 rings (SSSR count). The highest BCUT2D eigenvalue weighted by Gasteiger charge is 2.26. The Hall–Kier alpha value is -1.56. The lowest BCUT2D eigenvalue weighted by molar-refractivity contribution is 0.794. The van der Waals surface area contributed by atoms with Crippen molar-refractivity contribution in [3.8, 4) is 0 Å². The van der Waals surface area contributed by atoms with Gasteiger partial charge in [0, 0.05) is 0 Å². The zero-order valence-corrected chi connectivity index (χ0v) is 13.8. The molecule has 5 radical (unpaired) electrons. The summed E-state index contributed by atoms with van der Waals surface area (Å²) in [6.45, 7) is 2.34. The van der Waals surface area contributed by atoms with Crippen molar-refractivity contribution >= 4 is 0 Å². The maximum absolute atomic E-state index is 2.46. The molecule has 1 saturated carbocycles. The molecule has 0 N–H and O–H groups in total. The van der Waals surface area contributed by atoms with Gasteiger partial charge in [-0.2, -0.15) is 0 Å². The first-order chi connectivity index (χ1) is 11.3. The second-order valence-electron chi connectivity index (χ2n) is 6.79. The van der Waals surface area contributed by atoms with Crippen molar-refractivity contribution in [3.05, 3.63) is 102 Å². The first-order valence-electron chi connectivity index (χ1n) is 8.71. The third-order valence-corrected chi connectivity index (χ3v) is 5.27. The Balaban J connectivity index is 1.67. The van der Waals surface area contributed by atoms with Crippen LogP contribution in [0.5, 0.6) is 0 Å². The van der Waals surface area contributed by atoms with Crippen LogP contribution in [-0.2, 0) is 25.7 Å². The van der Waals surface area contributed by atoms with Gasteiger partial charge in [-0.25, -0.2) is 0 Å². The van der Waals surface area contributed by atoms with Gasteiger partial charge in [0.25, 0.3) is 0 Å². The van der Waals surface area contributed by atoms with Crippen molar-refractivity contribution < 1.29 is 0 Å². The number of benzene rings is 2. The largest absolute Gasteiger partial charge is 0.0588 e. The SMILES string of the molecule is CC([C]1[CH][CH][CH][CH]1)c1cc2ccc1CCc1ccc(cc1)CC2. The second-order valence-corrected chi connectivity index (χ2v) is 6.79. The van der Waals surface area contributed by atoms with Crippen LogP contribution in [0.1, 0.15) is 40.7 Å². The molecule has 1 fully saturated rings. The molecule has 1 atom stereocenters. The van der Waals surface area contributed by atoms with Gasteiger partial charge in [0.05, 0.1) is 0 Å². The predicted molar refractivity (Wildman–Crippen MR) is 96.6 cm³/mol. The van der Waals surface area contributed by atoms with Crippen molar-refractivity contribution in [3.63, 3.8) is 0 Å². The molecule has 2 aromatic rings. The summed E-state index contributed by atoms with van der Waals surface area (Å²) in [5.74, 6) is 1.91. The molecule has 2 aromatic carbocycles. The van der Waals surface area contributed by atoms with Crippen molar-refractivity contribution in [2.45, 2.75) is 38.5 Å². The van der Waals surface area contributed by atoms with Gasteiger partial charge in [0.1, 0.15) is 0 Å². The van der Waals surface area contributed by atoms with E-state index in [9.17, 15) is 0 Å². The summed E-state index contributed by atoms with van der Waals surface area (Å²) in [6.07, 6.45) is 13.3. The zero-order valence-electron chi connectivity index (χ0n) is 13.8. The van der Waals surface area contributed by atoms with Crippen LogP contribution in [0.15, 0.2) is 42.5 Å². The molecule has 0 aliphatic heterocycles. The normalized spacial score (nSPS) is 19.5. The van der Waals surface area contributed by atoms with Crippen LogP contribution in [0.3, 0.4) is 0 Å². The Morgan fingerprint density at radius 3 is 1.96 bits per heavy atom. The van der Waals surface area contributed by atoms with Crippen LogP contribution in [0.25, 0.3) is 0 Å². The monoisotopic (exact) mass is 299 g/mol. The van der Waals surface area contributed by atoms with Crippen LogP contribution in [0.4, 0.5) is 0 Å². The average Bonchev–Trinajstić information content (AvgIpc) is 3.11. The standard InChI is InChI=1S/C23H23/c1-17(21-4-2-3-5-21)23-16-20-11-10-18-6-8-19(9-7-18)12-14-22(23)15-13-20/h2-9,13,15-17H,10-12,14H2,1H3. The minimum atomic E-state index is 0.476. The topological polar surface area (TPSA) is 0 Å². The van der Waals surface area contributed by atoms with Crippen LogP contribution >= 0.6 is 0 Å². The van der Waals surface area contributed by atoms with Gasteiger partial charge in [-0.3, -0.25) is 0 Å². The molecule has 5 aliphatic carbocycles. The van der Waals surface area contributed by atoms with E-state index in [2.05, 4.69) is 75.1 Å². The van der Waals surface area contributed by atoms with Gasteiger partial charge < -0.3 is 0 Å². The molecule has 0 nitrogen and oxygen atoms in total. The number of hydrogen-bond acceptors (Lipinski definition) is 0. The molecule has 5 aliphatic rings. The summed E-state index contributed by atoms with van der Waals surface area (Å²) >= 11 is 0. The van der Waals surface area contributed by atoms with Gasteiger partial charge in [0.15, 0.2) is 0 Å². The van der Waals surface area contributed by atoms with Crippen LogP contribution in [0.2, 0.25) is 0 Å². The molecular weight excluding hydrogens is 276 g/mol. The third kappa shape index (κ3) is 3.22. The fourth-order valence-corrected chi connectivity index (χ4v) is 3.73. The van der Waals surface area contributed by atoms with E-state index in [0.29, 0.717) is 5.92 Å². The molecule has 0 aromatic heterocycles. The predicted octanol–water partition coefficient (Wildman–Crippen LogP) is 5.08. The Bertz CT molecular complexity index is 659. The summed E-state index contributed by atoms with van der Waals surface area (Å²) in [6, 6.07) is 16.4. The average molecular weight is 299 g/mol. The first kappa shape index (κ1) is 15.0. The highest BCUT2D eigenvalue weighted by atomic mass is 14.3. The van der Waals surface area contributed by atoms with Crippen LogP contribution in [0, 0.1) is 31.6 Å². The summed E-state index contributed by atoms with van der Waals surface area (Å²) in [7, 11) is 0. The summed E-state index contributed by atoms with van der Waals surface area (Å²) in [4.78, 5) is 0. The third-order valence-electron chi connectivity index (χ3n) is 5.27. The number of hydrogen-bond donors (Lipinski definition) is 0. The van der Waals surface area contributed by atoms with Crippen molar-refractivity contribution in [2.75, 3.05) is 0 Å². The van der Waals surface area contributed by atoms with Crippen molar-refractivity contribution in [1.29, 1.82) is 0 Å². The summed E-state index contributed by atoms with van der Waals surface area (Å²) < 4.78 is 0. The minimum absolute atomic E-state index is 0.476. The van der Waals surface area contributed by atoms with E-state index in [1.54, 1.807) is 0 Å². The first-order valence-corrected chi connectivity index (χ1v) is 8.71. The molecule has 23 heavy (non-hydrogen) atoms. The molecule has 115 valence electrons. The Kier molecular flexibility index (Phi) is 4.25. The van der Waals surface area contributed by atoms with E-state index in [-0.39, 0.29) is 0 Å². The molecule has 0 spiro atoms. The highest BCUT2D eigenvalue weighted by molar-refractivity contribution is 5.46. The lowest BCUT2D eigenvalue weighted by Crippen LogP contribution is -2.10.